The molecule has 7 nitrogen and oxygen atoms in total. The molecule has 0 radical (unpaired) electrons. The van der Waals surface area contributed by atoms with Crippen molar-refractivity contribution in [1.29, 1.82) is 0 Å². The highest BCUT2D eigenvalue weighted by molar-refractivity contribution is 5.68. The zero-order valence-corrected chi connectivity index (χ0v) is 13.4. The van der Waals surface area contributed by atoms with Crippen LogP contribution in [0.15, 0.2) is 18.2 Å². The molecule has 3 N–H and O–H groups in total. The highest BCUT2D eigenvalue weighted by Gasteiger charge is 2.23. The molecule has 1 aromatic rings. The van der Waals surface area contributed by atoms with Gasteiger partial charge < -0.3 is 15.8 Å². The third-order valence-electron chi connectivity index (χ3n) is 2.98. The van der Waals surface area contributed by atoms with E-state index in [1.165, 1.54) is 0 Å². The number of nitro benzene ring substituents is 1. The van der Waals surface area contributed by atoms with Crippen LogP contribution in [0.1, 0.15) is 31.9 Å². The molecule has 0 aromatic heterocycles. The van der Waals surface area contributed by atoms with Gasteiger partial charge in [-0.15, -0.1) is 0 Å². The molecule has 1 amide bonds. The van der Waals surface area contributed by atoms with E-state index in [2.05, 4.69) is 5.32 Å². The van der Waals surface area contributed by atoms with Crippen LogP contribution in [0.3, 0.4) is 0 Å². The number of para-hydroxylation sites is 1. The number of ether oxygens (including phenoxy) is 1. The number of carbonyl (C=O) groups is 1. The molecule has 0 aliphatic carbocycles. The number of nitro groups is 1. The van der Waals surface area contributed by atoms with E-state index in [-0.39, 0.29) is 18.7 Å². The van der Waals surface area contributed by atoms with Gasteiger partial charge in [0, 0.05) is 30.1 Å². The van der Waals surface area contributed by atoms with Crippen LogP contribution in [-0.2, 0) is 11.2 Å². The number of carbonyl (C=O) groups excluding carboxylic acids is 1. The van der Waals surface area contributed by atoms with E-state index in [4.69, 9.17) is 10.5 Å². The van der Waals surface area contributed by atoms with Crippen molar-refractivity contribution in [3.8, 4) is 0 Å². The molecule has 0 saturated heterocycles. The van der Waals surface area contributed by atoms with Crippen LogP contribution in [0.25, 0.3) is 0 Å². The monoisotopic (exact) mass is 309 g/mol. The summed E-state index contributed by atoms with van der Waals surface area (Å²) in [6.45, 7) is 7.12. The zero-order valence-electron chi connectivity index (χ0n) is 13.4. The molecule has 0 spiro atoms. The number of alkyl carbamates (subject to hydrolysis) is 1. The van der Waals surface area contributed by atoms with Crippen LogP contribution in [0.4, 0.5) is 10.5 Å². The van der Waals surface area contributed by atoms with E-state index in [1.807, 2.05) is 0 Å². The van der Waals surface area contributed by atoms with Crippen LogP contribution in [0.2, 0.25) is 0 Å². The van der Waals surface area contributed by atoms with Crippen LogP contribution in [0, 0.1) is 17.0 Å². The minimum atomic E-state index is -0.613. The first-order chi connectivity index (χ1) is 10.1. The predicted octanol–water partition coefficient (Wildman–Crippen LogP) is 2.30. The molecule has 1 atom stereocenters. The fourth-order valence-corrected chi connectivity index (χ4v) is 2.08. The molecule has 0 fully saturated rings. The SMILES string of the molecule is Cc1cccc(CC(CN)NC(=O)OC(C)(C)C)c1[N+](=O)[O-]. The summed E-state index contributed by atoms with van der Waals surface area (Å²) in [7, 11) is 0. The normalized spacial score (nSPS) is 12.6. The third kappa shape index (κ3) is 5.33. The largest absolute Gasteiger partial charge is 0.444 e. The number of aryl methyl sites for hydroxylation is 1. The lowest BCUT2D eigenvalue weighted by molar-refractivity contribution is -0.386. The van der Waals surface area contributed by atoms with Crippen molar-refractivity contribution in [1.82, 2.24) is 5.32 Å². The van der Waals surface area contributed by atoms with E-state index >= 15 is 0 Å². The Morgan fingerprint density at radius 3 is 2.59 bits per heavy atom. The Hall–Kier alpha value is -2.15. The molecule has 22 heavy (non-hydrogen) atoms. The lowest BCUT2D eigenvalue weighted by Gasteiger charge is -2.23. The van der Waals surface area contributed by atoms with Crippen LogP contribution >= 0.6 is 0 Å². The molecule has 7 heteroatoms. The van der Waals surface area contributed by atoms with Crippen LogP contribution in [0.5, 0.6) is 0 Å². The Bertz CT molecular complexity index is 552. The third-order valence-corrected chi connectivity index (χ3v) is 2.98. The minimum Gasteiger partial charge on any atom is -0.444 e. The average Bonchev–Trinajstić information content (AvgIpc) is 2.35. The molecule has 122 valence electrons. The summed E-state index contributed by atoms with van der Waals surface area (Å²) < 4.78 is 5.17. The standard InChI is InChI=1S/C15H23N3O4/c1-10-6-5-7-11(13(10)18(20)21)8-12(9-16)17-14(19)22-15(2,3)4/h5-7,12H,8-9,16H2,1-4H3,(H,17,19). The number of rotatable bonds is 5. The lowest BCUT2D eigenvalue weighted by atomic mass is 10.0. The summed E-state index contributed by atoms with van der Waals surface area (Å²) in [4.78, 5) is 22.6. The van der Waals surface area contributed by atoms with Gasteiger partial charge in [-0.1, -0.05) is 18.2 Å². The average molecular weight is 309 g/mol. The van der Waals surface area contributed by atoms with E-state index in [1.54, 1.807) is 45.9 Å². The number of hydrogen-bond acceptors (Lipinski definition) is 5. The Labute approximate surface area is 130 Å². The van der Waals surface area contributed by atoms with Gasteiger partial charge in [0.1, 0.15) is 5.60 Å². The van der Waals surface area contributed by atoms with Crippen LogP contribution < -0.4 is 11.1 Å². The van der Waals surface area contributed by atoms with Crippen molar-refractivity contribution in [3.05, 3.63) is 39.4 Å². The molecule has 1 aromatic carbocycles. The molecular formula is C15H23N3O4. The predicted molar refractivity (Wildman–Crippen MR) is 83.7 cm³/mol. The van der Waals surface area contributed by atoms with Crippen molar-refractivity contribution in [2.24, 2.45) is 5.73 Å². The van der Waals surface area contributed by atoms with Gasteiger partial charge in [0.15, 0.2) is 0 Å². The van der Waals surface area contributed by atoms with Gasteiger partial charge in [-0.3, -0.25) is 10.1 Å². The van der Waals surface area contributed by atoms with E-state index in [9.17, 15) is 14.9 Å². The topological polar surface area (TPSA) is 107 Å². The summed E-state index contributed by atoms with van der Waals surface area (Å²) in [6.07, 6.45) is -0.313. The fourth-order valence-electron chi connectivity index (χ4n) is 2.08. The number of nitrogens with one attached hydrogen (secondary N) is 1. The number of amides is 1. The van der Waals surface area contributed by atoms with Gasteiger partial charge in [-0.25, -0.2) is 4.79 Å². The van der Waals surface area contributed by atoms with Gasteiger partial charge in [0.2, 0.25) is 0 Å². The quantitative estimate of drug-likeness (QED) is 0.641. The van der Waals surface area contributed by atoms with Gasteiger partial charge in [-0.05, 0) is 27.7 Å². The number of nitrogens with zero attached hydrogens (tertiary/aromatic N) is 1. The molecule has 0 bridgehead atoms. The summed E-state index contributed by atoms with van der Waals surface area (Å²) in [5, 5.41) is 13.8. The Balaban J connectivity index is 2.85. The van der Waals surface area contributed by atoms with Gasteiger partial charge in [0.25, 0.3) is 5.69 Å². The summed E-state index contributed by atoms with van der Waals surface area (Å²) in [5.41, 5.74) is 6.22. The molecule has 1 rings (SSSR count). The van der Waals surface area contributed by atoms with E-state index in [0.29, 0.717) is 11.1 Å². The lowest BCUT2D eigenvalue weighted by Crippen LogP contribution is -2.44. The maximum absolute atomic E-state index is 11.8. The Morgan fingerprint density at radius 2 is 2.09 bits per heavy atom. The minimum absolute atomic E-state index is 0.0620. The van der Waals surface area contributed by atoms with Crippen molar-refractivity contribution >= 4 is 11.8 Å². The molecule has 0 aliphatic heterocycles. The summed E-state index contributed by atoms with van der Waals surface area (Å²) in [6, 6.07) is 4.67. The second kappa shape index (κ2) is 7.22. The molecule has 0 heterocycles. The molecular weight excluding hydrogens is 286 g/mol. The molecule has 0 aliphatic rings. The maximum atomic E-state index is 11.8. The van der Waals surface area contributed by atoms with Crippen molar-refractivity contribution < 1.29 is 14.5 Å². The number of nitrogens with two attached hydrogens (primary N) is 1. The fraction of sp³-hybridized carbons (Fsp3) is 0.533. The second-order valence-electron chi connectivity index (χ2n) is 6.12. The highest BCUT2D eigenvalue weighted by atomic mass is 16.6. The first-order valence-corrected chi connectivity index (χ1v) is 7.06. The van der Waals surface area contributed by atoms with Crippen molar-refractivity contribution in [3.63, 3.8) is 0 Å². The molecule has 1 unspecified atom stereocenters. The van der Waals surface area contributed by atoms with E-state index < -0.39 is 22.7 Å². The Morgan fingerprint density at radius 1 is 1.45 bits per heavy atom. The highest BCUT2D eigenvalue weighted by Crippen LogP contribution is 2.24. The second-order valence-corrected chi connectivity index (χ2v) is 6.12. The summed E-state index contributed by atoms with van der Waals surface area (Å²) in [5.74, 6) is 0. The maximum Gasteiger partial charge on any atom is 0.407 e. The first kappa shape index (κ1) is 17.9. The smallest absolute Gasteiger partial charge is 0.407 e. The van der Waals surface area contributed by atoms with Gasteiger partial charge in [-0.2, -0.15) is 0 Å². The number of benzene rings is 1. The molecule has 0 saturated carbocycles. The number of hydrogen-bond donors (Lipinski definition) is 2. The van der Waals surface area contributed by atoms with E-state index in [0.717, 1.165) is 0 Å². The van der Waals surface area contributed by atoms with Gasteiger partial charge in [0.05, 0.1) is 4.92 Å². The van der Waals surface area contributed by atoms with Crippen molar-refractivity contribution in [2.75, 3.05) is 6.54 Å². The van der Waals surface area contributed by atoms with Crippen molar-refractivity contribution in [2.45, 2.75) is 45.8 Å². The summed E-state index contributed by atoms with van der Waals surface area (Å²) >= 11 is 0. The Kier molecular flexibility index (Phi) is 5.87. The zero-order chi connectivity index (χ0) is 16.9. The van der Waals surface area contributed by atoms with Crippen LogP contribution in [-0.4, -0.2) is 29.2 Å². The first-order valence-electron chi connectivity index (χ1n) is 7.06. The van der Waals surface area contributed by atoms with Gasteiger partial charge >= 0.3 is 6.09 Å².